The van der Waals surface area contributed by atoms with Gasteiger partial charge in [-0.2, -0.15) is 0 Å². The molecule has 0 spiro atoms. The molecule has 1 aromatic heterocycles. The number of hydrogen-bond donors (Lipinski definition) is 1. The Morgan fingerprint density at radius 3 is 2.59 bits per heavy atom. The molecule has 0 fully saturated rings. The van der Waals surface area contributed by atoms with E-state index in [1.165, 1.54) is 12.1 Å². The van der Waals surface area contributed by atoms with Crippen LogP contribution < -0.4 is 0 Å². The smallest absolute Gasteiger partial charge is 0.335 e. The summed E-state index contributed by atoms with van der Waals surface area (Å²) in [6.07, 6.45) is 8.01. The Balaban J connectivity index is 2.26. The molecule has 0 aliphatic heterocycles. The van der Waals surface area contributed by atoms with Crippen molar-refractivity contribution >= 4 is 11.5 Å². The second-order valence-corrected chi connectivity index (χ2v) is 4.46. The third-order valence-corrected chi connectivity index (χ3v) is 3.00. The fourth-order valence-corrected chi connectivity index (χ4v) is 1.82. The Labute approximate surface area is 128 Å². The minimum Gasteiger partial charge on any atom is -0.478 e. The van der Waals surface area contributed by atoms with E-state index in [0.29, 0.717) is 17.3 Å². The van der Waals surface area contributed by atoms with E-state index >= 15 is 0 Å². The van der Waals surface area contributed by atoms with Crippen molar-refractivity contribution in [2.75, 3.05) is 0 Å². The quantitative estimate of drug-likeness (QED) is 0.816. The third-order valence-electron chi connectivity index (χ3n) is 3.00. The molecule has 0 atom stereocenters. The number of aromatic carboxylic acids is 1. The number of benzene rings is 1. The van der Waals surface area contributed by atoms with Crippen LogP contribution in [0.4, 0.5) is 0 Å². The number of allylic oxidation sites excluding steroid dienone is 5. The van der Waals surface area contributed by atoms with Crippen molar-refractivity contribution in [2.45, 2.75) is 13.3 Å². The molecule has 1 heterocycles. The van der Waals surface area contributed by atoms with Gasteiger partial charge < -0.3 is 9.52 Å². The molecule has 112 valence electrons. The summed E-state index contributed by atoms with van der Waals surface area (Å²) in [7, 11) is 0. The van der Waals surface area contributed by atoms with Crippen LogP contribution in [0, 0.1) is 0 Å². The molecule has 0 saturated carbocycles. The fourth-order valence-electron chi connectivity index (χ4n) is 1.82. The fraction of sp³-hybridized carbons (Fsp3) is 0.118. The van der Waals surface area contributed by atoms with Crippen molar-refractivity contribution in [3.8, 4) is 11.5 Å². The number of rotatable bonds is 6. The second-order valence-electron chi connectivity index (χ2n) is 4.46. The maximum absolute atomic E-state index is 10.8. The van der Waals surface area contributed by atoms with Crippen LogP contribution in [-0.4, -0.2) is 21.3 Å². The van der Waals surface area contributed by atoms with Gasteiger partial charge in [0, 0.05) is 11.1 Å². The first-order valence-corrected chi connectivity index (χ1v) is 6.81. The average Bonchev–Trinajstić information content (AvgIpc) is 3.01. The van der Waals surface area contributed by atoms with Gasteiger partial charge in [-0.05, 0) is 30.7 Å². The number of aromatic nitrogens is 2. The Hall–Kier alpha value is -2.95. The second kappa shape index (κ2) is 7.17. The lowest BCUT2D eigenvalue weighted by atomic mass is 10.1. The van der Waals surface area contributed by atoms with Gasteiger partial charge in [0.05, 0.1) is 5.56 Å². The van der Waals surface area contributed by atoms with Crippen LogP contribution in [0.3, 0.4) is 0 Å². The highest BCUT2D eigenvalue weighted by Crippen LogP contribution is 2.23. The zero-order valence-electron chi connectivity index (χ0n) is 12.2. The molecule has 0 saturated heterocycles. The highest BCUT2D eigenvalue weighted by molar-refractivity contribution is 5.88. The lowest BCUT2D eigenvalue weighted by Gasteiger charge is -1.97. The Kier molecular flexibility index (Phi) is 5.03. The minimum absolute atomic E-state index is 0.215. The van der Waals surface area contributed by atoms with E-state index in [4.69, 9.17) is 9.52 Å². The van der Waals surface area contributed by atoms with Crippen LogP contribution in [0.15, 0.2) is 59.6 Å². The van der Waals surface area contributed by atoms with Gasteiger partial charge in [0.25, 0.3) is 0 Å². The number of carbonyl (C=O) groups is 1. The largest absolute Gasteiger partial charge is 0.478 e. The Morgan fingerprint density at radius 2 is 2.00 bits per heavy atom. The molecule has 5 heteroatoms. The lowest BCUT2D eigenvalue weighted by molar-refractivity contribution is 0.0697. The third kappa shape index (κ3) is 3.58. The zero-order chi connectivity index (χ0) is 15.9. The number of carboxylic acids is 1. The predicted octanol–water partition coefficient (Wildman–Crippen LogP) is 3.97. The van der Waals surface area contributed by atoms with Crippen molar-refractivity contribution < 1.29 is 14.3 Å². The van der Waals surface area contributed by atoms with Crippen molar-refractivity contribution in [2.24, 2.45) is 0 Å². The molecular formula is C17H16N2O3. The average molecular weight is 296 g/mol. The first kappa shape index (κ1) is 15.4. The molecule has 0 aliphatic carbocycles. The lowest BCUT2D eigenvalue weighted by Crippen LogP contribution is -1.94. The first-order chi connectivity index (χ1) is 10.7. The van der Waals surface area contributed by atoms with Crippen LogP contribution >= 0.6 is 0 Å². The maximum atomic E-state index is 10.8. The van der Waals surface area contributed by atoms with Crippen molar-refractivity contribution in [3.63, 3.8) is 0 Å². The van der Waals surface area contributed by atoms with E-state index < -0.39 is 5.97 Å². The number of hydrogen-bond acceptors (Lipinski definition) is 4. The predicted molar refractivity (Wildman–Crippen MR) is 84.3 cm³/mol. The molecule has 0 radical (unpaired) electrons. The molecule has 2 rings (SSSR count). The summed E-state index contributed by atoms with van der Waals surface area (Å²) in [5, 5.41) is 16.9. The summed E-state index contributed by atoms with van der Waals surface area (Å²) >= 11 is 0. The van der Waals surface area contributed by atoms with Gasteiger partial charge >= 0.3 is 5.97 Å². The first-order valence-electron chi connectivity index (χ1n) is 6.81. The van der Waals surface area contributed by atoms with E-state index in [9.17, 15) is 4.79 Å². The van der Waals surface area contributed by atoms with Gasteiger partial charge in [-0.1, -0.05) is 37.8 Å². The molecule has 5 nitrogen and oxygen atoms in total. The molecule has 22 heavy (non-hydrogen) atoms. The van der Waals surface area contributed by atoms with E-state index in [1.54, 1.807) is 18.2 Å². The van der Waals surface area contributed by atoms with Crippen LogP contribution in [0.5, 0.6) is 0 Å². The van der Waals surface area contributed by atoms with Crippen molar-refractivity contribution in [1.29, 1.82) is 0 Å². The highest BCUT2D eigenvalue weighted by atomic mass is 16.4. The van der Waals surface area contributed by atoms with Gasteiger partial charge in [0.15, 0.2) is 0 Å². The summed E-state index contributed by atoms with van der Waals surface area (Å²) in [6.45, 7) is 5.61. The van der Waals surface area contributed by atoms with Gasteiger partial charge in [-0.3, -0.25) is 0 Å². The molecule has 0 aliphatic rings. The van der Waals surface area contributed by atoms with Crippen molar-refractivity contribution in [1.82, 2.24) is 10.2 Å². The van der Waals surface area contributed by atoms with E-state index in [-0.39, 0.29) is 5.56 Å². The van der Waals surface area contributed by atoms with Crippen molar-refractivity contribution in [3.05, 3.63) is 66.6 Å². The normalized spacial score (nSPS) is 11.8. The summed E-state index contributed by atoms with van der Waals surface area (Å²) in [4.78, 5) is 10.8. The summed E-state index contributed by atoms with van der Waals surface area (Å²) in [5.41, 5.74) is 1.81. The van der Waals surface area contributed by atoms with E-state index in [0.717, 1.165) is 12.0 Å². The molecule has 1 aromatic carbocycles. The van der Waals surface area contributed by atoms with Crippen LogP contribution in [0.2, 0.25) is 0 Å². The van der Waals surface area contributed by atoms with Gasteiger partial charge in [-0.15, -0.1) is 10.2 Å². The minimum atomic E-state index is -0.969. The summed E-state index contributed by atoms with van der Waals surface area (Å²) in [5.74, 6) is -0.157. The van der Waals surface area contributed by atoms with E-state index in [2.05, 4.69) is 16.8 Å². The zero-order valence-corrected chi connectivity index (χ0v) is 12.2. The molecule has 2 aromatic rings. The van der Waals surface area contributed by atoms with Crippen LogP contribution in [0.1, 0.15) is 29.6 Å². The van der Waals surface area contributed by atoms with Crippen LogP contribution in [0.25, 0.3) is 17.0 Å². The Bertz CT molecular complexity index is 725. The topological polar surface area (TPSA) is 76.2 Å². The monoisotopic (exact) mass is 296 g/mol. The van der Waals surface area contributed by atoms with Gasteiger partial charge in [0.1, 0.15) is 0 Å². The molecular weight excluding hydrogens is 280 g/mol. The van der Waals surface area contributed by atoms with Crippen LogP contribution in [-0.2, 0) is 0 Å². The summed E-state index contributed by atoms with van der Waals surface area (Å²) < 4.78 is 5.66. The standard InChI is InChI=1S/C17H16N2O3/c1-3-5-6-7-12(4-2)15-18-19-16(22-15)13-8-10-14(11-9-13)17(20)21/h3,5-11H,1,4H2,2H3,(H,20,21)/b6-5-,12-7+. The number of carboxylic acid groups (broad SMARTS) is 1. The highest BCUT2D eigenvalue weighted by Gasteiger charge is 2.12. The van der Waals surface area contributed by atoms with Gasteiger partial charge in [-0.25, -0.2) is 4.79 Å². The maximum Gasteiger partial charge on any atom is 0.335 e. The molecule has 0 bridgehead atoms. The number of nitrogens with zero attached hydrogens (tertiary/aromatic N) is 2. The Morgan fingerprint density at radius 1 is 1.27 bits per heavy atom. The van der Waals surface area contributed by atoms with E-state index in [1.807, 2.05) is 25.2 Å². The van der Waals surface area contributed by atoms with Gasteiger partial charge in [0.2, 0.25) is 11.8 Å². The molecule has 1 N–H and O–H groups in total. The SMILES string of the molecule is C=C/C=C\C=C(/CC)c1nnc(-c2ccc(C(=O)O)cc2)o1. The molecule has 0 amide bonds. The summed E-state index contributed by atoms with van der Waals surface area (Å²) in [6, 6.07) is 6.30. The molecule has 0 unspecified atom stereocenters.